The Morgan fingerprint density at radius 3 is 2.25 bits per heavy atom. The number of halogens is 1. The van der Waals surface area contributed by atoms with Crippen LogP contribution in [-0.4, -0.2) is 49.4 Å². The average molecular weight is 381 g/mol. The highest BCUT2D eigenvalue weighted by Gasteiger charge is 2.44. The molecule has 2 amide bonds. The number of para-hydroxylation sites is 2. The van der Waals surface area contributed by atoms with Crippen LogP contribution in [0, 0.1) is 5.82 Å². The third kappa shape index (κ3) is 3.03. The average Bonchev–Trinajstić information content (AvgIpc) is 2.89. The molecule has 2 aliphatic rings. The van der Waals surface area contributed by atoms with Crippen LogP contribution in [0.4, 0.5) is 15.8 Å². The van der Waals surface area contributed by atoms with Gasteiger partial charge in [0.05, 0.1) is 11.1 Å². The Labute approximate surface area is 164 Å². The van der Waals surface area contributed by atoms with Gasteiger partial charge in [0, 0.05) is 31.9 Å². The van der Waals surface area contributed by atoms with Crippen molar-refractivity contribution in [2.24, 2.45) is 0 Å². The highest BCUT2D eigenvalue weighted by molar-refractivity contribution is 6.10. The number of piperazine rings is 1. The molecule has 5 nitrogen and oxygen atoms in total. The molecule has 2 heterocycles. The second-order valence-electron chi connectivity index (χ2n) is 7.85. The maximum Gasteiger partial charge on any atom is 0.242 e. The number of hydrogen-bond donors (Lipinski definition) is 0. The molecule has 0 unspecified atom stereocenters. The number of fused-ring (bicyclic) bond motifs is 1. The summed E-state index contributed by atoms with van der Waals surface area (Å²) in [6.07, 6.45) is 0. The van der Waals surface area contributed by atoms with Crippen molar-refractivity contribution in [1.29, 1.82) is 0 Å². The van der Waals surface area contributed by atoms with E-state index in [4.69, 9.17) is 0 Å². The summed E-state index contributed by atoms with van der Waals surface area (Å²) in [4.78, 5) is 31.1. The molecule has 2 aliphatic heterocycles. The Bertz CT molecular complexity index is 920. The van der Waals surface area contributed by atoms with Crippen molar-refractivity contribution in [2.45, 2.75) is 19.3 Å². The predicted octanol–water partition coefficient (Wildman–Crippen LogP) is 2.80. The summed E-state index contributed by atoms with van der Waals surface area (Å²) in [5.74, 6) is -0.371. The number of anilines is 2. The monoisotopic (exact) mass is 381 g/mol. The first kappa shape index (κ1) is 18.5. The molecular weight excluding hydrogens is 357 g/mol. The lowest BCUT2D eigenvalue weighted by Gasteiger charge is -2.37. The number of nitrogens with zero attached hydrogens (tertiary/aromatic N) is 3. The van der Waals surface area contributed by atoms with Gasteiger partial charge in [-0.2, -0.15) is 0 Å². The first-order valence-electron chi connectivity index (χ1n) is 9.58. The molecular formula is C22H24FN3O2. The number of rotatable bonds is 3. The fourth-order valence-electron chi connectivity index (χ4n) is 4.10. The highest BCUT2D eigenvalue weighted by atomic mass is 19.1. The fourth-order valence-corrected chi connectivity index (χ4v) is 4.10. The van der Waals surface area contributed by atoms with Crippen LogP contribution in [0.15, 0.2) is 48.5 Å². The van der Waals surface area contributed by atoms with Crippen molar-refractivity contribution in [3.63, 3.8) is 0 Å². The van der Waals surface area contributed by atoms with Gasteiger partial charge >= 0.3 is 0 Å². The van der Waals surface area contributed by atoms with Crippen molar-refractivity contribution in [3.05, 3.63) is 59.9 Å². The Balaban J connectivity index is 1.43. The summed E-state index contributed by atoms with van der Waals surface area (Å²) >= 11 is 0. The van der Waals surface area contributed by atoms with Gasteiger partial charge < -0.3 is 14.7 Å². The maximum absolute atomic E-state index is 14.0. The lowest BCUT2D eigenvalue weighted by atomic mass is 9.86. The van der Waals surface area contributed by atoms with Crippen LogP contribution >= 0.6 is 0 Å². The normalized spacial score (nSPS) is 18.4. The second-order valence-corrected chi connectivity index (χ2v) is 7.85. The van der Waals surface area contributed by atoms with Crippen LogP contribution in [0.3, 0.4) is 0 Å². The molecule has 0 radical (unpaired) electrons. The minimum atomic E-state index is -0.625. The van der Waals surface area contributed by atoms with Gasteiger partial charge in [0.25, 0.3) is 0 Å². The lowest BCUT2D eigenvalue weighted by Crippen LogP contribution is -2.52. The topological polar surface area (TPSA) is 43.9 Å². The first-order valence-corrected chi connectivity index (χ1v) is 9.58. The van der Waals surface area contributed by atoms with E-state index >= 15 is 0 Å². The molecule has 146 valence electrons. The molecule has 0 spiro atoms. The van der Waals surface area contributed by atoms with Gasteiger partial charge in [-0.25, -0.2) is 4.39 Å². The Morgan fingerprint density at radius 2 is 1.57 bits per heavy atom. The van der Waals surface area contributed by atoms with E-state index < -0.39 is 5.41 Å². The number of amides is 2. The summed E-state index contributed by atoms with van der Waals surface area (Å²) in [7, 11) is 0. The van der Waals surface area contributed by atoms with Crippen molar-refractivity contribution < 1.29 is 14.0 Å². The highest BCUT2D eigenvalue weighted by Crippen LogP contribution is 2.41. The van der Waals surface area contributed by atoms with E-state index in [1.165, 1.54) is 6.07 Å². The molecule has 4 rings (SSSR count). The minimum absolute atomic E-state index is 0.0406. The van der Waals surface area contributed by atoms with E-state index in [1.54, 1.807) is 21.9 Å². The molecule has 0 bridgehead atoms. The van der Waals surface area contributed by atoms with Gasteiger partial charge in [0.15, 0.2) is 0 Å². The Morgan fingerprint density at radius 1 is 0.964 bits per heavy atom. The lowest BCUT2D eigenvalue weighted by molar-refractivity contribution is -0.132. The van der Waals surface area contributed by atoms with Gasteiger partial charge in [-0.15, -0.1) is 0 Å². The molecule has 28 heavy (non-hydrogen) atoms. The van der Waals surface area contributed by atoms with Crippen LogP contribution in [0.2, 0.25) is 0 Å². The van der Waals surface area contributed by atoms with Crippen LogP contribution in [0.1, 0.15) is 19.4 Å². The van der Waals surface area contributed by atoms with E-state index in [0.717, 1.165) is 11.3 Å². The molecule has 1 saturated heterocycles. The second kappa shape index (κ2) is 6.93. The van der Waals surface area contributed by atoms with Crippen molar-refractivity contribution in [3.8, 4) is 0 Å². The molecule has 2 aromatic carbocycles. The van der Waals surface area contributed by atoms with Crippen LogP contribution in [0.25, 0.3) is 0 Å². The molecule has 0 saturated carbocycles. The van der Waals surface area contributed by atoms with E-state index in [1.807, 2.05) is 49.1 Å². The van der Waals surface area contributed by atoms with Crippen molar-refractivity contribution >= 4 is 23.2 Å². The number of benzene rings is 2. The fraction of sp³-hybridized carbons (Fsp3) is 0.364. The molecule has 0 N–H and O–H groups in total. The van der Waals surface area contributed by atoms with E-state index in [9.17, 15) is 14.0 Å². The summed E-state index contributed by atoms with van der Waals surface area (Å²) < 4.78 is 14.0. The zero-order chi connectivity index (χ0) is 19.9. The summed E-state index contributed by atoms with van der Waals surface area (Å²) in [6.45, 7) is 6.00. The SMILES string of the molecule is CC1(C)C(=O)N(CC(=O)N2CCN(c3ccccc3F)CC2)c2ccccc21. The zero-order valence-electron chi connectivity index (χ0n) is 16.2. The van der Waals surface area contributed by atoms with Crippen molar-refractivity contribution in [2.75, 3.05) is 42.5 Å². The van der Waals surface area contributed by atoms with Crippen LogP contribution < -0.4 is 9.80 Å². The third-order valence-corrected chi connectivity index (χ3v) is 5.77. The van der Waals surface area contributed by atoms with Crippen LogP contribution in [-0.2, 0) is 15.0 Å². The van der Waals surface area contributed by atoms with Gasteiger partial charge in [-0.1, -0.05) is 30.3 Å². The summed E-state index contributed by atoms with van der Waals surface area (Å²) in [5.41, 5.74) is 1.72. The summed E-state index contributed by atoms with van der Waals surface area (Å²) in [5, 5.41) is 0. The third-order valence-electron chi connectivity index (χ3n) is 5.77. The molecule has 1 fully saturated rings. The maximum atomic E-state index is 14.0. The number of carbonyl (C=O) groups is 2. The van der Waals surface area contributed by atoms with E-state index in [0.29, 0.717) is 31.9 Å². The summed E-state index contributed by atoms with van der Waals surface area (Å²) in [6, 6.07) is 14.3. The molecule has 0 aliphatic carbocycles. The Hall–Kier alpha value is -2.89. The van der Waals surface area contributed by atoms with Gasteiger partial charge in [-0.3, -0.25) is 9.59 Å². The quantitative estimate of drug-likeness (QED) is 0.821. The molecule has 2 aromatic rings. The number of hydrogen-bond acceptors (Lipinski definition) is 3. The van der Waals surface area contributed by atoms with Crippen LogP contribution in [0.5, 0.6) is 0 Å². The zero-order valence-corrected chi connectivity index (χ0v) is 16.2. The first-order chi connectivity index (χ1) is 13.4. The van der Waals surface area contributed by atoms with Gasteiger partial charge in [0.2, 0.25) is 11.8 Å². The smallest absolute Gasteiger partial charge is 0.242 e. The van der Waals surface area contributed by atoms with Gasteiger partial charge in [0.1, 0.15) is 12.4 Å². The van der Waals surface area contributed by atoms with E-state index in [2.05, 4.69) is 0 Å². The molecule has 6 heteroatoms. The molecule has 0 aromatic heterocycles. The number of carbonyl (C=O) groups excluding carboxylic acids is 2. The predicted molar refractivity (Wildman–Crippen MR) is 107 cm³/mol. The van der Waals surface area contributed by atoms with E-state index in [-0.39, 0.29) is 24.2 Å². The van der Waals surface area contributed by atoms with Crippen molar-refractivity contribution in [1.82, 2.24) is 4.90 Å². The molecule has 0 atom stereocenters. The minimum Gasteiger partial charge on any atom is -0.366 e. The van der Waals surface area contributed by atoms with Gasteiger partial charge in [-0.05, 0) is 37.6 Å². The largest absolute Gasteiger partial charge is 0.366 e. The standard InChI is InChI=1S/C22H24FN3O2/c1-22(2)16-7-3-5-9-18(16)26(21(22)28)15-20(27)25-13-11-24(12-14-25)19-10-6-4-8-17(19)23/h3-10H,11-15H2,1-2H3. The Kier molecular flexibility index (Phi) is 4.57.